The Kier molecular flexibility index (Phi) is 5.05. The van der Waals surface area contributed by atoms with Gasteiger partial charge in [0.05, 0.1) is 23.2 Å². The van der Waals surface area contributed by atoms with Crippen molar-refractivity contribution in [3.8, 4) is 0 Å². The minimum atomic E-state index is -1.03. The van der Waals surface area contributed by atoms with Crippen LogP contribution in [0.2, 0.25) is 5.02 Å². The lowest BCUT2D eigenvalue weighted by Crippen LogP contribution is -2.31. The molecule has 3 nitrogen and oxygen atoms in total. The number of nitrogens with one attached hydrogen (secondary N) is 1. The van der Waals surface area contributed by atoms with Crippen LogP contribution in [0.4, 0.5) is 13.2 Å². The molecular weight excluding hydrogens is 319 g/mol. The fourth-order valence-corrected chi connectivity index (χ4v) is 1.99. The fraction of sp³-hybridized carbons (Fsp3) is 0.133. The molecule has 0 fully saturated rings. The SMILES string of the molecule is O=C(NC(CO)c1ccc(Cl)c(F)c1)c1ccc(F)cc1F. The lowest BCUT2D eigenvalue weighted by Gasteiger charge is -2.17. The first-order valence-electron chi connectivity index (χ1n) is 6.24. The molecule has 1 atom stereocenters. The Morgan fingerprint density at radius 2 is 1.86 bits per heavy atom. The topological polar surface area (TPSA) is 49.3 Å². The second kappa shape index (κ2) is 6.81. The van der Waals surface area contributed by atoms with Crippen molar-refractivity contribution in [1.29, 1.82) is 0 Å². The number of halogens is 4. The Morgan fingerprint density at radius 3 is 2.45 bits per heavy atom. The van der Waals surface area contributed by atoms with Crippen LogP contribution in [0.5, 0.6) is 0 Å². The number of amides is 1. The van der Waals surface area contributed by atoms with Gasteiger partial charge in [0, 0.05) is 6.07 Å². The summed E-state index contributed by atoms with van der Waals surface area (Å²) in [4.78, 5) is 12.0. The molecule has 0 aliphatic heterocycles. The maximum atomic E-state index is 13.5. The molecule has 0 aliphatic carbocycles. The van der Waals surface area contributed by atoms with Crippen molar-refractivity contribution in [3.63, 3.8) is 0 Å². The zero-order valence-electron chi connectivity index (χ0n) is 11.1. The number of carbonyl (C=O) groups excluding carboxylic acids is 1. The minimum Gasteiger partial charge on any atom is -0.394 e. The molecule has 2 N–H and O–H groups in total. The van der Waals surface area contributed by atoms with Gasteiger partial charge in [-0.1, -0.05) is 17.7 Å². The molecule has 116 valence electrons. The molecule has 1 unspecified atom stereocenters. The smallest absolute Gasteiger partial charge is 0.254 e. The number of rotatable bonds is 4. The quantitative estimate of drug-likeness (QED) is 0.905. The fourth-order valence-electron chi connectivity index (χ4n) is 1.87. The van der Waals surface area contributed by atoms with Crippen molar-refractivity contribution < 1.29 is 23.1 Å². The number of aliphatic hydroxyl groups excluding tert-OH is 1. The first-order chi connectivity index (χ1) is 10.4. The molecule has 2 aromatic carbocycles. The zero-order chi connectivity index (χ0) is 16.3. The summed E-state index contributed by atoms with van der Waals surface area (Å²) in [7, 11) is 0. The van der Waals surface area contributed by atoms with E-state index in [1.807, 2.05) is 0 Å². The van der Waals surface area contributed by atoms with Crippen LogP contribution in [0, 0.1) is 17.5 Å². The summed E-state index contributed by atoms with van der Waals surface area (Å²) in [5.74, 6) is -3.41. The van der Waals surface area contributed by atoms with Gasteiger partial charge in [-0.15, -0.1) is 0 Å². The number of aliphatic hydroxyl groups is 1. The second-order valence-electron chi connectivity index (χ2n) is 4.51. The Balaban J connectivity index is 2.22. The van der Waals surface area contributed by atoms with E-state index in [9.17, 15) is 23.1 Å². The van der Waals surface area contributed by atoms with Gasteiger partial charge >= 0.3 is 0 Å². The maximum Gasteiger partial charge on any atom is 0.254 e. The minimum absolute atomic E-state index is 0.101. The molecule has 0 bridgehead atoms. The molecular formula is C15H11ClF3NO2. The van der Waals surface area contributed by atoms with E-state index < -0.39 is 36.0 Å². The van der Waals surface area contributed by atoms with E-state index in [-0.39, 0.29) is 16.1 Å². The maximum absolute atomic E-state index is 13.5. The Morgan fingerprint density at radius 1 is 1.14 bits per heavy atom. The summed E-state index contributed by atoms with van der Waals surface area (Å²) < 4.78 is 39.8. The molecule has 2 rings (SSSR count). The number of hydrogen-bond donors (Lipinski definition) is 2. The highest BCUT2D eigenvalue weighted by Gasteiger charge is 2.19. The molecule has 0 saturated heterocycles. The summed E-state index contributed by atoms with van der Waals surface area (Å²) >= 11 is 5.56. The van der Waals surface area contributed by atoms with Crippen LogP contribution in [0.15, 0.2) is 36.4 Å². The third kappa shape index (κ3) is 3.58. The molecule has 0 aromatic heterocycles. The highest BCUT2D eigenvalue weighted by Crippen LogP contribution is 2.21. The molecule has 0 spiro atoms. The lowest BCUT2D eigenvalue weighted by atomic mass is 10.1. The van der Waals surface area contributed by atoms with Gasteiger partial charge in [0.2, 0.25) is 0 Å². The van der Waals surface area contributed by atoms with Crippen LogP contribution >= 0.6 is 11.6 Å². The van der Waals surface area contributed by atoms with E-state index in [1.54, 1.807) is 0 Å². The zero-order valence-corrected chi connectivity index (χ0v) is 11.9. The van der Waals surface area contributed by atoms with Gasteiger partial charge in [0.25, 0.3) is 5.91 Å². The van der Waals surface area contributed by atoms with Gasteiger partial charge in [0.1, 0.15) is 17.5 Å². The van der Waals surface area contributed by atoms with Gasteiger partial charge < -0.3 is 10.4 Å². The largest absolute Gasteiger partial charge is 0.394 e. The van der Waals surface area contributed by atoms with Crippen molar-refractivity contribution in [2.24, 2.45) is 0 Å². The molecule has 0 heterocycles. The third-order valence-corrected chi connectivity index (χ3v) is 3.32. The number of hydrogen-bond acceptors (Lipinski definition) is 2. The molecule has 7 heteroatoms. The van der Waals surface area contributed by atoms with Crippen molar-refractivity contribution in [3.05, 3.63) is 70.0 Å². The normalized spacial score (nSPS) is 12.0. The monoisotopic (exact) mass is 329 g/mol. The second-order valence-corrected chi connectivity index (χ2v) is 4.91. The Labute approximate surface area is 129 Å². The molecule has 0 aliphatic rings. The van der Waals surface area contributed by atoms with Crippen LogP contribution in [0.1, 0.15) is 22.0 Å². The molecule has 1 amide bonds. The first kappa shape index (κ1) is 16.3. The van der Waals surface area contributed by atoms with E-state index in [0.717, 1.165) is 18.2 Å². The van der Waals surface area contributed by atoms with Crippen LogP contribution in [0.25, 0.3) is 0 Å². The number of carbonyl (C=O) groups is 1. The van der Waals surface area contributed by atoms with Gasteiger partial charge in [0.15, 0.2) is 0 Å². The average molecular weight is 330 g/mol. The molecule has 22 heavy (non-hydrogen) atoms. The van der Waals surface area contributed by atoms with Gasteiger partial charge in [-0.3, -0.25) is 4.79 Å². The molecule has 2 aromatic rings. The lowest BCUT2D eigenvalue weighted by molar-refractivity contribution is 0.0912. The van der Waals surface area contributed by atoms with Gasteiger partial charge in [-0.2, -0.15) is 0 Å². The van der Waals surface area contributed by atoms with E-state index >= 15 is 0 Å². The Hall–Kier alpha value is -2.05. The summed E-state index contributed by atoms with van der Waals surface area (Å²) in [5.41, 5.74) is -0.116. The third-order valence-electron chi connectivity index (χ3n) is 3.01. The summed E-state index contributed by atoms with van der Waals surface area (Å²) in [6.45, 7) is -0.532. The van der Waals surface area contributed by atoms with Crippen LogP contribution in [-0.2, 0) is 0 Å². The van der Waals surface area contributed by atoms with Crippen LogP contribution < -0.4 is 5.32 Å². The highest BCUT2D eigenvalue weighted by molar-refractivity contribution is 6.30. The van der Waals surface area contributed by atoms with Crippen LogP contribution in [-0.4, -0.2) is 17.6 Å². The molecule has 0 radical (unpaired) electrons. The van der Waals surface area contributed by atoms with Crippen molar-refractivity contribution in [2.45, 2.75) is 6.04 Å². The van der Waals surface area contributed by atoms with E-state index in [1.165, 1.54) is 12.1 Å². The Bertz CT molecular complexity index is 709. The summed E-state index contributed by atoms with van der Waals surface area (Å²) in [6.07, 6.45) is 0. The predicted octanol–water partition coefficient (Wildman–Crippen LogP) is 3.22. The predicted molar refractivity (Wildman–Crippen MR) is 75.1 cm³/mol. The van der Waals surface area contributed by atoms with Crippen molar-refractivity contribution in [1.82, 2.24) is 5.32 Å². The van der Waals surface area contributed by atoms with Crippen molar-refractivity contribution in [2.75, 3.05) is 6.61 Å². The summed E-state index contributed by atoms with van der Waals surface area (Å²) in [5, 5.41) is 11.6. The highest BCUT2D eigenvalue weighted by atomic mass is 35.5. The first-order valence-corrected chi connectivity index (χ1v) is 6.62. The van der Waals surface area contributed by atoms with Crippen LogP contribution in [0.3, 0.4) is 0 Å². The van der Waals surface area contributed by atoms with Gasteiger partial charge in [-0.25, -0.2) is 13.2 Å². The van der Waals surface area contributed by atoms with E-state index in [2.05, 4.69) is 5.32 Å². The standard InChI is InChI=1S/C15H11ClF3NO2/c16-11-4-1-8(5-13(11)19)14(7-21)20-15(22)10-3-2-9(17)6-12(10)18/h1-6,14,21H,7H2,(H,20,22). The van der Waals surface area contributed by atoms with Crippen molar-refractivity contribution >= 4 is 17.5 Å². The van der Waals surface area contributed by atoms with E-state index in [4.69, 9.17) is 11.6 Å². The van der Waals surface area contributed by atoms with Gasteiger partial charge in [-0.05, 0) is 29.8 Å². The van der Waals surface area contributed by atoms with E-state index in [0.29, 0.717) is 6.07 Å². The number of benzene rings is 2. The average Bonchev–Trinajstić information content (AvgIpc) is 2.47. The summed E-state index contributed by atoms with van der Waals surface area (Å²) in [6, 6.07) is 5.30. The molecule has 0 saturated carbocycles.